The van der Waals surface area contributed by atoms with E-state index in [1.54, 1.807) is 17.6 Å². The van der Waals surface area contributed by atoms with Gasteiger partial charge in [-0.15, -0.1) is 11.3 Å². The number of aromatic nitrogens is 2. The highest BCUT2D eigenvalue weighted by molar-refractivity contribution is 7.80. The molecule has 1 aromatic carbocycles. The molecule has 3 aromatic rings. The van der Waals surface area contributed by atoms with Crippen molar-refractivity contribution in [3.8, 4) is 11.3 Å². The highest BCUT2D eigenvalue weighted by Gasteiger charge is 2.15. The van der Waals surface area contributed by atoms with Crippen molar-refractivity contribution in [2.45, 2.75) is 6.92 Å². The van der Waals surface area contributed by atoms with Gasteiger partial charge in [-0.2, -0.15) is 5.10 Å². The lowest BCUT2D eigenvalue weighted by Gasteiger charge is -2.01. The number of nitrogens with one attached hydrogen (secondary N) is 1. The van der Waals surface area contributed by atoms with Gasteiger partial charge in [0.1, 0.15) is 0 Å². The van der Waals surface area contributed by atoms with Gasteiger partial charge in [0.15, 0.2) is 10.1 Å². The van der Waals surface area contributed by atoms with Crippen molar-refractivity contribution >= 4 is 39.8 Å². The normalized spacial score (nSPS) is 11.3. The molecule has 3 rings (SSSR count). The van der Waals surface area contributed by atoms with Crippen LogP contribution < -0.4 is 11.2 Å². The first kappa shape index (κ1) is 13.7. The van der Waals surface area contributed by atoms with Crippen LogP contribution in [-0.4, -0.2) is 20.7 Å². The third kappa shape index (κ3) is 2.65. The second kappa shape index (κ2) is 5.63. The number of thiazole rings is 1. The molecular weight excluding hydrogens is 302 g/mol. The minimum atomic E-state index is 0.135. The van der Waals surface area contributed by atoms with Crippen molar-refractivity contribution in [3.63, 3.8) is 0 Å². The number of hydrogen-bond donors (Lipinski definition) is 2. The Balaban J connectivity index is 2.15. The Morgan fingerprint density at radius 3 is 2.90 bits per heavy atom. The molecule has 0 fully saturated rings. The van der Waals surface area contributed by atoms with E-state index in [-0.39, 0.29) is 5.11 Å². The smallest absolute Gasteiger partial charge is 0.194 e. The molecule has 0 aliphatic rings. The van der Waals surface area contributed by atoms with Gasteiger partial charge < -0.3 is 5.73 Å². The molecular formula is C14H13N5S2. The molecule has 0 spiro atoms. The number of rotatable bonds is 3. The van der Waals surface area contributed by atoms with E-state index in [0.717, 1.165) is 27.6 Å². The van der Waals surface area contributed by atoms with Gasteiger partial charge in [-0.05, 0) is 19.1 Å². The summed E-state index contributed by atoms with van der Waals surface area (Å²) in [6, 6.07) is 10.0. The summed E-state index contributed by atoms with van der Waals surface area (Å²) < 4.78 is 2.07. The van der Waals surface area contributed by atoms with Gasteiger partial charge in [-0.1, -0.05) is 30.3 Å². The van der Waals surface area contributed by atoms with Gasteiger partial charge in [0.05, 0.1) is 17.6 Å². The molecule has 0 atom stereocenters. The van der Waals surface area contributed by atoms with Gasteiger partial charge in [0.2, 0.25) is 0 Å². The SMILES string of the molecule is Cc1csc2nc(-c3ccccc3)c(/C=N/NC(N)=S)n12. The zero-order chi connectivity index (χ0) is 14.8. The summed E-state index contributed by atoms with van der Waals surface area (Å²) in [7, 11) is 0. The van der Waals surface area contributed by atoms with Crippen molar-refractivity contribution in [1.82, 2.24) is 14.8 Å². The number of fused-ring (bicyclic) bond motifs is 1. The van der Waals surface area contributed by atoms with Crippen LogP contribution in [-0.2, 0) is 0 Å². The van der Waals surface area contributed by atoms with Gasteiger partial charge in [0.25, 0.3) is 0 Å². The molecule has 0 aliphatic heterocycles. The Hall–Kier alpha value is -2.25. The van der Waals surface area contributed by atoms with Crippen LogP contribution in [0.2, 0.25) is 0 Å². The van der Waals surface area contributed by atoms with E-state index in [1.165, 1.54) is 0 Å². The second-order valence-corrected chi connectivity index (χ2v) is 5.72. The van der Waals surface area contributed by atoms with Crippen LogP contribution in [0.3, 0.4) is 0 Å². The largest absolute Gasteiger partial charge is 0.375 e. The number of imidazole rings is 1. The molecule has 2 heterocycles. The minimum Gasteiger partial charge on any atom is -0.375 e. The number of nitrogens with zero attached hydrogens (tertiary/aromatic N) is 3. The molecule has 5 nitrogen and oxygen atoms in total. The lowest BCUT2D eigenvalue weighted by atomic mass is 10.1. The fourth-order valence-corrected chi connectivity index (χ4v) is 3.03. The fraction of sp³-hybridized carbons (Fsp3) is 0.0714. The third-order valence-electron chi connectivity index (χ3n) is 2.98. The Bertz CT molecular complexity index is 817. The van der Waals surface area contributed by atoms with E-state index in [1.807, 2.05) is 37.3 Å². The van der Waals surface area contributed by atoms with E-state index in [2.05, 4.69) is 20.3 Å². The van der Waals surface area contributed by atoms with E-state index in [9.17, 15) is 0 Å². The lowest BCUT2D eigenvalue weighted by Crippen LogP contribution is -2.24. The molecule has 2 aromatic heterocycles. The predicted octanol–water partition coefficient (Wildman–Crippen LogP) is 2.54. The average Bonchev–Trinajstić information content (AvgIpc) is 3.01. The molecule has 0 saturated carbocycles. The summed E-state index contributed by atoms with van der Waals surface area (Å²) >= 11 is 6.36. The van der Waals surface area contributed by atoms with Crippen LogP contribution in [0.5, 0.6) is 0 Å². The Kier molecular flexibility index (Phi) is 3.68. The van der Waals surface area contributed by atoms with Crippen molar-refractivity contribution in [3.05, 3.63) is 47.1 Å². The van der Waals surface area contributed by atoms with Crippen LogP contribution in [0.25, 0.3) is 16.2 Å². The van der Waals surface area contributed by atoms with Gasteiger partial charge in [0, 0.05) is 16.6 Å². The molecule has 21 heavy (non-hydrogen) atoms. The molecule has 0 radical (unpaired) electrons. The molecule has 0 aliphatic carbocycles. The van der Waals surface area contributed by atoms with Gasteiger partial charge in [-0.3, -0.25) is 9.83 Å². The quantitative estimate of drug-likeness (QED) is 0.443. The molecule has 3 N–H and O–H groups in total. The van der Waals surface area contributed by atoms with Crippen molar-refractivity contribution in [1.29, 1.82) is 0 Å². The van der Waals surface area contributed by atoms with Crippen LogP contribution in [0.4, 0.5) is 0 Å². The monoisotopic (exact) mass is 315 g/mol. The van der Waals surface area contributed by atoms with Crippen LogP contribution in [0.15, 0.2) is 40.8 Å². The maximum Gasteiger partial charge on any atom is 0.194 e. The molecule has 0 saturated heterocycles. The van der Waals surface area contributed by atoms with Gasteiger partial charge in [-0.25, -0.2) is 4.98 Å². The zero-order valence-corrected chi connectivity index (χ0v) is 12.9. The first-order chi connectivity index (χ1) is 10.2. The summed E-state index contributed by atoms with van der Waals surface area (Å²) in [6.07, 6.45) is 1.70. The first-order valence-corrected chi connectivity index (χ1v) is 7.56. The highest BCUT2D eigenvalue weighted by atomic mass is 32.1. The molecule has 0 amide bonds. The zero-order valence-electron chi connectivity index (χ0n) is 11.3. The topological polar surface area (TPSA) is 67.7 Å². The minimum absolute atomic E-state index is 0.135. The Morgan fingerprint density at radius 1 is 1.43 bits per heavy atom. The summed E-state index contributed by atoms with van der Waals surface area (Å²) in [5.41, 5.74) is 11.9. The molecule has 106 valence electrons. The average molecular weight is 315 g/mol. The number of hydrazone groups is 1. The van der Waals surface area contributed by atoms with E-state index >= 15 is 0 Å². The van der Waals surface area contributed by atoms with Crippen molar-refractivity contribution < 1.29 is 0 Å². The van der Waals surface area contributed by atoms with Crippen LogP contribution in [0, 0.1) is 6.92 Å². The second-order valence-electron chi connectivity index (χ2n) is 4.44. The maximum atomic E-state index is 5.39. The fourth-order valence-electron chi connectivity index (χ4n) is 2.11. The standard InChI is InChI=1S/C14H13N5S2/c1-9-8-21-14-17-12(10-5-3-2-4-6-10)11(19(9)14)7-16-18-13(15)20/h2-8H,1H3,(H3,15,18,20)/b16-7+. The van der Waals surface area contributed by atoms with Crippen molar-refractivity contribution in [2.75, 3.05) is 0 Å². The van der Waals surface area contributed by atoms with E-state index < -0.39 is 0 Å². The van der Waals surface area contributed by atoms with Gasteiger partial charge >= 0.3 is 0 Å². The number of nitrogens with two attached hydrogens (primary N) is 1. The Morgan fingerprint density at radius 2 is 2.19 bits per heavy atom. The number of hydrogen-bond acceptors (Lipinski definition) is 4. The molecule has 0 unspecified atom stereocenters. The summed E-state index contributed by atoms with van der Waals surface area (Å²) in [6.45, 7) is 2.04. The highest BCUT2D eigenvalue weighted by Crippen LogP contribution is 2.27. The third-order valence-corrected chi connectivity index (χ3v) is 4.01. The van der Waals surface area contributed by atoms with Crippen LogP contribution >= 0.6 is 23.6 Å². The number of aryl methyl sites for hydroxylation is 1. The summed E-state index contributed by atoms with van der Waals surface area (Å²) in [5.74, 6) is 0. The van der Waals surface area contributed by atoms with E-state index in [0.29, 0.717) is 0 Å². The summed E-state index contributed by atoms with van der Waals surface area (Å²) in [5, 5.41) is 6.27. The lowest BCUT2D eigenvalue weighted by molar-refractivity contribution is 1.03. The van der Waals surface area contributed by atoms with Crippen LogP contribution in [0.1, 0.15) is 11.4 Å². The van der Waals surface area contributed by atoms with Crippen molar-refractivity contribution in [2.24, 2.45) is 10.8 Å². The number of benzene rings is 1. The molecule has 0 bridgehead atoms. The Labute approximate surface area is 131 Å². The van der Waals surface area contributed by atoms with E-state index in [4.69, 9.17) is 22.9 Å². The maximum absolute atomic E-state index is 5.39. The first-order valence-electron chi connectivity index (χ1n) is 6.27. The summed E-state index contributed by atoms with van der Waals surface area (Å²) in [4.78, 5) is 5.63. The predicted molar refractivity (Wildman–Crippen MR) is 90.8 cm³/mol. The molecule has 7 heteroatoms. The number of thiocarbonyl (C=S) groups is 1.